The van der Waals surface area contributed by atoms with E-state index in [9.17, 15) is 9.90 Å². The van der Waals surface area contributed by atoms with Crippen molar-refractivity contribution in [2.75, 3.05) is 13.2 Å². The van der Waals surface area contributed by atoms with Crippen LogP contribution < -0.4 is 10.6 Å². The van der Waals surface area contributed by atoms with Crippen molar-refractivity contribution in [1.29, 1.82) is 0 Å². The van der Waals surface area contributed by atoms with E-state index in [0.717, 1.165) is 38.7 Å². The third-order valence-electron chi connectivity index (χ3n) is 5.95. The Hall–Kier alpha value is -0.810. The summed E-state index contributed by atoms with van der Waals surface area (Å²) >= 11 is 0. The van der Waals surface area contributed by atoms with E-state index < -0.39 is 5.54 Å². The Kier molecular flexibility index (Phi) is 3.91. The molecule has 120 valence electrons. The van der Waals surface area contributed by atoms with Gasteiger partial charge in [-0.3, -0.25) is 0 Å². The third kappa shape index (κ3) is 2.55. The zero-order valence-electron chi connectivity index (χ0n) is 13.2. The molecule has 5 nitrogen and oxygen atoms in total. The molecule has 0 saturated heterocycles. The van der Waals surface area contributed by atoms with Crippen molar-refractivity contribution in [3.63, 3.8) is 0 Å². The number of rotatable bonds is 6. The summed E-state index contributed by atoms with van der Waals surface area (Å²) in [7, 11) is 0. The van der Waals surface area contributed by atoms with Crippen LogP contribution in [0.15, 0.2) is 0 Å². The van der Waals surface area contributed by atoms with E-state index in [1.165, 1.54) is 6.42 Å². The molecule has 3 N–H and O–H groups in total. The summed E-state index contributed by atoms with van der Waals surface area (Å²) in [4.78, 5) is 12.3. The molecule has 3 aliphatic rings. The number of aliphatic hydroxyl groups is 1. The number of urea groups is 1. The van der Waals surface area contributed by atoms with E-state index in [1.54, 1.807) is 0 Å². The molecular weight excluding hydrogens is 268 g/mol. The molecule has 0 radical (unpaired) electrons. The van der Waals surface area contributed by atoms with Crippen molar-refractivity contribution in [2.45, 2.75) is 70.1 Å². The Bertz CT molecular complexity index is 406. The summed E-state index contributed by atoms with van der Waals surface area (Å²) in [6.07, 6.45) is 6.97. The predicted molar refractivity (Wildman–Crippen MR) is 80.0 cm³/mol. The van der Waals surface area contributed by atoms with Crippen LogP contribution in [0.25, 0.3) is 0 Å². The van der Waals surface area contributed by atoms with Crippen molar-refractivity contribution in [3.8, 4) is 0 Å². The number of carbonyl (C=O) groups is 1. The maximum absolute atomic E-state index is 12.3. The van der Waals surface area contributed by atoms with E-state index in [0.29, 0.717) is 12.0 Å². The number of amides is 2. The summed E-state index contributed by atoms with van der Waals surface area (Å²) in [5.74, 6) is 0.420. The molecule has 0 bridgehead atoms. The fourth-order valence-electron chi connectivity index (χ4n) is 4.09. The third-order valence-corrected chi connectivity index (χ3v) is 5.95. The second-order valence-corrected chi connectivity index (χ2v) is 7.27. The summed E-state index contributed by atoms with van der Waals surface area (Å²) in [5, 5.41) is 15.7. The number of aliphatic hydroxyl groups excluding tert-OH is 1. The first kappa shape index (κ1) is 15.1. The zero-order valence-corrected chi connectivity index (χ0v) is 13.2. The normalized spacial score (nSPS) is 32.7. The van der Waals surface area contributed by atoms with Gasteiger partial charge in [-0.1, -0.05) is 6.42 Å². The van der Waals surface area contributed by atoms with Gasteiger partial charge < -0.3 is 20.5 Å². The molecule has 1 spiro atoms. The molecule has 3 aliphatic carbocycles. The summed E-state index contributed by atoms with van der Waals surface area (Å²) in [6, 6.07) is 0.0922. The Morgan fingerprint density at radius 3 is 2.62 bits per heavy atom. The lowest BCUT2D eigenvalue weighted by Gasteiger charge is -2.61. The lowest BCUT2D eigenvalue weighted by Crippen LogP contribution is -2.69. The van der Waals surface area contributed by atoms with Gasteiger partial charge in [0, 0.05) is 18.1 Å². The average molecular weight is 296 g/mol. The average Bonchev–Trinajstić information content (AvgIpc) is 3.19. The minimum absolute atomic E-state index is 0.00245. The largest absolute Gasteiger partial charge is 0.394 e. The number of carbonyl (C=O) groups excluding carboxylic acids is 1. The second kappa shape index (κ2) is 5.43. The van der Waals surface area contributed by atoms with Gasteiger partial charge >= 0.3 is 6.03 Å². The summed E-state index contributed by atoms with van der Waals surface area (Å²) < 4.78 is 5.81. The molecule has 0 aromatic carbocycles. The minimum Gasteiger partial charge on any atom is -0.394 e. The highest BCUT2D eigenvalue weighted by Gasteiger charge is 2.59. The molecule has 0 aromatic rings. The van der Waals surface area contributed by atoms with E-state index in [-0.39, 0.29) is 24.1 Å². The number of hydrogen-bond donors (Lipinski definition) is 3. The lowest BCUT2D eigenvalue weighted by atomic mass is 9.51. The van der Waals surface area contributed by atoms with Gasteiger partial charge in [-0.15, -0.1) is 0 Å². The molecule has 3 saturated carbocycles. The predicted octanol–water partition coefficient (Wildman–Crippen LogP) is 1.79. The first-order valence-electron chi connectivity index (χ1n) is 8.35. The van der Waals surface area contributed by atoms with Crippen LogP contribution >= 0.6 is 0 Å². The summed E-state index contributed by atoms with van der Waals surface area (Å²) in [5.41, 5.74) is -0.289. The van der Waals surface area contributed by atoms with E-state index in [4.69, 9.17) is 4.74 Å². The molecule has 0 aliphatic heterocycles. The molecule has 5 heteroatoms. The smallest absolute Gasteiger partial charge is 0.315 e. The quantitative estimate of drug-likeness (QED) is 0.700. The van der Waals surface area contributed by atoms with Crippen LogP contribution in [-0.4, -0.2) is 42.0 Å². The SMILES string of the molecule is CCOC1CC(NC(=O)NC(C)(CO)C2CC2)C12CCC2. The Morgan fingerprint density at radius 1 is 1.43 bits per heavy atom. The van der Waals surface area contributed by atoms with Crippen molar-refractivity contribution < 1.29 is 14.6 Å². The van der Waals surface area contributed by atoms with Gasteiger partial charge in [0.15, 0.2) is 0 Å². The molecule has 3 fully saturated rings. The number of hydrogen-bond acceptors (Lipinski definition) is 3. The topological polar surface area (TPSA) is 70.6 Å². The number of ether oxygens (including phenoxy) is 1. The Balaban J connectivity index is 1.53. The van der Waals surface area contributed by atoms with Gasteiger partial charge in [0.1, 0.15) is 0 Å². The molecule has 21 heavy (non-hydrogen) atoms. The molecule has 3 unspecified atom stereocenters. The van der Waals surface area contributed by atoms with Crippen molar-refractivity contribution in [1.82, 2.24) is 10.6 Å². The van der Waals surface area contributed by atoms with E-state index in [2.05, 4.69) is 10.6 Å². The molecule has 0 aromatic heterocycles. The zero-order chi connectivity index (χ0) is 15.1. The fraction of sp³-hybridized carbons (Fsp3) is 0.938. The molecule has 3 atom stereocenters. The van der Waals surface area contributed by atoms with Crippen LogP contribution in [0.5, 0.6) is 0 Å². The van der Waals surface area contributed by atoms with Gasteiger partial charge in [0.05, 0.1) is 18.2 Å². The Labute approximate surface area is 126 Å². The highest BCUT2D eigenvalue weighted by atomic mass is 16.5. The first-order chi connectivity index (χ1) is 10.0. The monoisotopic (exact) mass is 296 g/mol. The summed E-state index contributed by atoms with van der Waals surface area (Å²) in [6.45, 7) is 4.72. The van der Waals surface area contributed by atoms with Crippen LogP contribution in [0.2, 0.25) is 0 Å². The van der Waals surface area contributed by atoms with Gasteiger partial charge in [-0.2, -0.15) is 0 Å². The standard InChI is InChI=1S/C16H28N2O3/c1-3-21-13-9-12(16(13)7-4-8-16)17-14(20)18-15(2,10-19)11-5-6-11/h11-13,19H,3-10H2,1-2H3,(H2,17,18,20). The fourth-order valence-corrected chi connectivity index (χ4v) is 4.09. The van der Waals surface area contributed by atoms with E-state index >= 15 is 0 Å². The van der Waals surface area contributed by atoms with Crippen LogP contribution in [0, 0.1) is 11.3 Å². The van der Waals surface area contributed by atoms with Crippen molar-refractivity contribution in [2.24, 2.45) is 11.3 Å². The highest BCUT2D eigenvalue weighted by molar-refractivity contribution is 5.75. The van der Waals surface area contributed by atoms with Crippen molar-refractivity contribution in [3.05, 3.63) is 0 Å². The van der Waals surface area contributed by atoms with Crippen molar-refractivity contribution >= 4 is 6.03 Å². The second-order valence-electron chi connectivity index (χ2n) is 7.27. The van der Waals surface area contributed by atoms with Gasteiger partial charge in [-0.25, -0.2) is 4.79 Å². The minimum atomic E-state index is -0.472. The highest BCUT2D eigenvalue weighted by Crippen LogP contribution is 2.57. The van der Waals surface area contributed by atoms with Crippen LogP contribution in [0.3, 0.4) is 0 Å². The van der Waals surface area contributed by atoms with Crippen LogP contribution in [-0.2, 0) is 4.74 Å². The maximum Gasteiger partial charge on any atom is 0.315 e. The maximum atomic E-state index is 12.3. The first-order valence-corrected chi connectivity index (χ1v) is 8.35. The number of nitrogens with one attached hydrogen (secondary N) is 2. The van der Waals surface area contributed by atoms with Gasteiger partial charge in [0.25, 0.3) is 0 Å². The van der Waals surface area contributed by atoms with Crippen LogP contribution in [0.4, 0.5) is 4.79 Å². The lowest BCUT2D eigenvalue weighted by molar-refractivity contribution is -0.169. The molecule has 0 heterocycles. The van der Waals surface area contributed by atoms with Gasteiger partial charge in [-0.05, 0) is 51.9 Å². The van der Waals surface area contributed by atoms with Crippen LogP contribution in [0.1, 0.15) is 52.4 Å². The van der Waals surface area contributed by atoms with E-state index in [1.807, 2.05) is 13.8 Å². The van der Waals surface area contributed by atoms with Gasteiger partial charge in [0.2, 0.25) is 0 Å². The molecule has 3 rings (SSSR count). The molecular formula is C16H28N2O3. The molecule has 2 amide bonds. The Morgan fingerprint density at radius 2 is 2.14 bits per heavy atom.